The van der Waals surface area contributed by atoms with Crippen LogP contribution in [-0.2, 0) is 13.5 Å². The summed E-state index contributed by atoms with van der Waals surface area (Å²) < 4.78 is 29.8. The molecule has 0 atom stereocenters. The average molecular weight is 422 g/mol. The van der Waals surface area contributed by atoms with Gasteiger partial charge in [-0.1, -0.05) is 18.2 Å². The van der Waals surface area contributed by atoms with E-state index in [9.17, 15) is 13.6 Å². The first-order chi connectivity index (χ1) is 14.4. The molecule has 0 saturated carbocycles. The minimum atomic E-state index is -0.970. The molecule has 30 heavy (non-hydrogen) atoms. The number of aryl methyl sites for hydroxylation is 2. The van der Waals surface area contributed by atoms with Crippen LogP contribution in [0.15, 0.2) is 47.3 Å². The van der Waals surface area contributed by atoms with Crippen molar-refractivity contribution in [2.45, 2.75) is 13.3 Å². The third-order valence-electron chi connectivity index (χ3n) is 5.23. The van der Waals surface area contributed by atoms with Gasteiger partial charge < -0.3 is 9.55 Å². The van der Waals surface area contributed by atoms with Gasteiger partial charge in [0, 0.05) is 28.6 Å². The molecular formula is C22H16F2N4OS. The van der Waals surface area contributed by atoms with Crippen LogP contribution in [0, 0.1) is 18.6 Å². The Labute approximate surface area is 173 Å². The largest absolute Gasteiger partial charge is 0.312 e. The third-order valence-corrected chi connectivity index (χ3v) is 6.50. The summed E-state index contributed by atoms with van der Waals surface area (Å²) >= 11 is 1.68. The monoisotopic (exact) mass is 422 g/mol. The molecule has 8 heteroatoms. The highest BCUT2D eigenvalue weighted by Gasteiger charge is 2.17. The fourth-order valence-electron chi connectivity index (χ4n) is 3.64. The van der Waals surface area contributed by atoms with Gasteiger partial charge in [0.05, 0.1) is 0 Å². The second kappa shape index (κ2) is 6.84. The van der Waals surface area contributed by atoms with Crippen molar-refractivity contribution in [2.24, 2.45) is 7.05 Å². The van der Waals surface area contributed by atoms with E-state index in [0.29, 0.717) is 29.3 Å². The SMILES string of the molecule is Cc1c(Cc2nc3c(nc(-c4ccc(F)c(F)c4)n3C)c(=O)[nH]2)sc2ccccc12. The van der Waals surface area contributed by atoms with Crippen molar-refractivity contribution in [1.82, 2.24) is 19.5 Å². The maximum absolute atomic E-state index is 13.7. The standard InChI is InChI=1S/C22H16F2N4OS/c1-11-13-5-3-4-6-16(13)30-17(11)10-18-25-21-19(22(29)26-18)27-20(28(21)2)12-7-8-14(23)15(24)9-12/h3-9H,10H2,1-2H3,(H,25,26,29). The quantitative estimate of drug-likeness (QED) is 0.458. The number of hydrogen-bond acceptors (Lipinski definition) is 4. The molecule has 150 valence electrons. The molecule has 3 aromatic heterocycles. The zero-order valence-electron chi connectivity index (χ0n) is 16.2. The lowest BCUT2D eigenvalue weighted by molar-refractivity contribution is 0.509. The summed E-state index contributed by atoms with van der Waals surface area (Å²) in [6.45, 7) is 2.07. The van der Waals surface area contributed by atoms with E-state index < -0.39 is 11.6 Å². The Morgan fingerprint density at radius 2 is 1.90 bits per heavy atom. The van der Waals surface area contributed by atoms with Gasteiger partial charge >= 0.3 is 0 Å². The molecule has 5 nitrogen and oxygen atoms in total. The molecule has 0 bridgehead atoms. The van der Waals surface area contributed by atoms with Crippen LogP contribution < -0.4 is 5.56 Å². The van der Waals surface area contributed by atoms with Gasteiger partial charge in [0.1, 0.15) is 11.6 Å². The summed E-state index contributed by atoms with van der Waals surface area (Å²) in [6, 6.07) is 11.7. The van der Waals surface area contributed by atoms with Crippen LogP contribution in [0.5, 0.6) is 0 Å². The zero-order valence-corrected chi connectivity index (χ0v) is 17.0. The van der Waals surface area contributed by atoms with E-state index in [1.807, 2.05) is 12.1 Å². The lowest BCUT2D eigenvalue weighted by Gasteiger charge is -2.04. The summed E-state index contributed by atoms with van der Waals surface area (Å²) in [7, 11) is 1.70. The topological polar surface area (TPSA) is 63.6 Å². The Morgan fingerprint density at radius 1 is 1.10 bits per heavy atom. The molecule has 0 fully saturated rings. The maximum Gasteiger partial charge on any atom is 0.279 e. The van der Waals surface area contributed by atoms with E-state index in [1.165, 1.54) is 21.7 Å². The molecule has 2 aromatic carbocycles. The van der Waals surface area contributed by atoms with Crippen LogP contribution in [-0.4, -0.2) is 19.5 Å². The number of hydrogen-bond donors (Lipinski definition) is 1. The maximum atomic E-state index is 13.7. The van der Waals surface area contributed by atoms with Crippen molar-refractivity contribution < 1.29 is 8.78 Å². The van der Waals surface area contributed by atoms with Crippen molar-refractivity contribution in [1.29, 1.82) is 0 Å². The fraction of sp³-hybridized carbons (Fsp3) is 0.136. The van der Waals surface area contributed by atoms with Crippen molar-refractivity contribution in [3.63, 3.8) is 0 Å². The Kier molecular flexibility index (Phi) is 4.25. The molecule has 3 heterocycles. The van der Waals surface area contributed by atoms with Crippen LogP contribution in [0.25, 0.3) is 32.6 Å². The van der Waals surface area contributed by atoms with Gasteiger partial charge in [0.15, 0.2) is 22.8 Å². The van der Waals surface area contributed by atoms with Gasteiger partial charge in [-0.05, 0) is 42.1 Å². The molecule has 0 aliphatic heterocycles. The van der Waals surface area contributed by atoms with Gasteiger partial charge in [-0.2, -0.15) is 0 Å². The number of imidazole rings is 1. The molecule has 5 aromatic rings. The summed E-state index contributed by atoms with van der Waals surface area (Å²) in [4.78, 5) is 25.5. The number of thiophene rings is 1. The molecule has 0 unspecified atom stereocenters. The molecule has 0 aliphatic carbocycles. The number of H-pyrrole nitrogens is 1. The number of fused-ring (bicyclic) bond motifs is 2. The Balaban J connectivity index is 1.61. The number of nitrogens with zero attached hydrogens (tertiary/aromatic N) is 3. The van der Waals surface area contributed by atoms with E-state index in [0.717, 1.165) is 17.0 Å². The lowest BCUT2D eigenvalue weighted by atomic mass is 10.1. The van der Waals surface area contributed by atoms with Gasteiger partial charge in [0.2, 0.25) is 0 Å². The van der Waals surface area contributed by atoms with Crippen molar-refractivity contribution >= 4 is 32.6 Å². The number of nitrogens with one attached hydrogen (secondary N) is 1. The average Bonchev–Trinajstić information content (AvgIpc) is 3.22. The third kappa shape index (κ3) is 2.91. The normalized spacial score (nSPS) is 11.6. The molecule has 0 amide bonds. The van der Waals surface area contributed by atoms with Crippen LogP contribution in [0.3, 0.4) is 0 Å². The number of halogens is 2. The molecular weight excluding hydrogens is 406 g/mol. The minimum absolute atomic E-state index is 0.161. The molecule has 0 aliphatic rings. The lowest BCUT2D eigenvalue weighted by Crippen LogP contribution is -2.12. The first-order valence-electron chi connectivity index (χ1n) is 9.30. The Bertz CT molecular complexity index is 1500. The molecule has 1 N–H and O–H groups in total. The van der Waals surface area contributed by atoms with E-state index in [1.54, 1.807) is 23.0 Å². The zero-order chi connectivity index (χ0) is 21.0. The minimum Gasteiger partial charge on any atom is -0.312 e. The predicted molar refractivity (Wildman–Crippen MR) is 114 cm³/mol. The van der Waals surface area contributed by atoms with Crippen molar-refractivity contribution in [3.05, 3.63) is 80.7 Å². The summed E-state index contributed by atoms with van der Waals surface area (Å²) in [5.74, 6) is -1.03. The molecule has 0 spiro atoms. The van der Waals surface area contributed by atoms with Crippen LogP contribution >= 0.6 is 11.3 Å². The Hall–Kier alpha value is -3.39. The van der Waals surface area contributed by atoms with Crippen LogP contribution in [0.1, 0.15) is 16.3 Å². The fourth-order valence-corrected chi connectivity index (χ4v) is 4.85. The number of rotatable bonds is 3. The first kappa shape index (κ1) is 18.6. The highest BCUT2D eigenvalue weighted by Crippen LogP contribution is 2.31. The van der Waals surface area contributed by atoms with Crippen LogP contribution in [0.4, 0.5) is 8.78 Å². The van der Waals surface area contributed by atoms with Gasteiger partial charge in [0.25, 0.3) is 5.56 Å². The number of aromatic amines is 1. The van der Waals surface area contributed by atoms with Crippen molar-refractivity contribution in [3.8, 4) is 11.4 Å². The van der Waals surface area contributed by atoms with E-state index in [-0.39, 0.29) is 11.1 Å². The second-order valence-electron chi connectivity index (χ2n) is 7.13. The second-order valence-corrected chi connectivity index (χ2v) is 8.27. The molecule has 5 rings (SSSR count). The Morgan fingerprint density at radius 3 is 2.67 bits per heavy atom. The number of aromatic nitrogens is 4. The van der Waals surface area contributed by atoms with E-state index in [4.69, 9.17) is 0 Å². The predicted octanol–water partition coefficient (Wildman–Crippen LogP) is 4.72. The summed E-state index contributed by atoms with van der Waals surface area (Å²) in [5.41, 5.74) is 1.74. The van der Waals surface area contributed by atoms with Crippen LogP contribution in [0.2, 0.25) is 0 Å². The smallest absolute Gasteiger partial charge is 0.279 e. The molecule has 0 radical (unpaired) electrons. The van der Waals surface area contributed by atoms with Gasteiger partial charge in [-0.3, -0.25) is 4.79 Å². The summed E-state index contributed by atoms with van der Waals surface area (Å²) in [6.07, 6.45) is 0.488. The highest BCUT2D eigenvalue weighted by atomic mass is 32.1. The van der Waals surface area contributed by atoms with Crippen molar-refractivity contribution in [2.75, 3.05) is 0 Å². The number of benzene rings is 2. The van der Waals surface area contributed by atoms with E-state index in [2.05, 4.69) is 34.0 Å². The first-order valence-corrected chi connectivity index (χ1v) is 10.1. The van der Waals surface area contributed by atoms with Gasteiger partial charge in [-0.25, -0.2) is 18.7 Å². The molecule has 0 saturated heterocycles. The summed E-state index contributed by atoms with van der Waals surface area (Å²) in [5, 5.41) is 1.20. The van der Waals surface area contributed by atoms with Gasteiger partial charge in [-0.15, -0.1) is 11.3 Å². The van der Waals surface area contributed by atoms with E-state index >= 15 is 0 Å². The highest BCUT2D eigenvalue weighted by molar-refractivity contribution is 7.19.